The third-order valence-electron chi connectivity index (χ3n) is 2.82. The van der Waals surface area contributed by atoms with E-state index < -0.39 is 0 Å². The van der Waals surface area contributed by atoms with Crippen LogP contribution in [-0.4, -0.2) is 21.0 Å². The molecule has 0 bridgehead atoms. The Morgan fingerprint density at radius 3 is 3.00 bits per heavy atom. The minimum Gasteiger partial charge on any atom is -0.444 e. The zero-order valence-electron chi connectivity index (χ0n) is 11.4. The number of hydrogen-bond donors (Lipinski definition) is 3. The predicted octanol–water partition coefficient (Wildman–Crippen LogP) is 1.32. The van der Waals surface area contributed by atoms with E-state index in [2.05, 4.69) is 20.4 Å². The number of amidine groups is 1. The van der Waals surface area contributed by atoms with Gasteiger partial charge in [-0.3, -0.25) is 4.98 Å². The highest BCUT2D eigenvalue weighted by molar-refractivity contribution is 5.95. The summed E-state index contributed by atoms with van der Waals surface area (Å²) in [5.74, 6) is 1.42. The number of pyridine rings is 1. The van der Waals surface area contributed by atoms with Crippen LogP contribution in [0.1, 0.15) is 35.9 Å². The highest BCUT2D eigenvalue weighted by Crippen LogP contribution is 2.13. The Hall–Kier alpha value is -2.41. The van der Waals surface area contributed by atoms with Gasteiger partial charge in [-0.2, -0.15) is 0 Å². The summed E-state index contributed by atoms with van der Waals surface area (Å²) in [5, 5.41) is 14.9. The Kier molecular flexibility index (Phi) is 4.31. The SMILES string of the molecule is Cc1cnc(C(C)NCc2ccnc(/C(N)=N/O)c2)o1. The molecule has 0 aliphatic rings. The summed E-state index contributed by atoms with van der Waals surface area (Å²) in [6, 6.07) is 3.61. The van der Waals surface area contributed by atoms with E-state index in [9.17, 15) is 0 Å². The first-order valence-electron chi connectivity index (χ1n) is 6.18. The Morgan fingerprint density at radius 2 is 2.35 bits per heavy atom. The molecule has 0 radical (unpaired) electrons. The fourth-order valence-corrected chi connectivity index (χ4v) is 1.71. The van der Waals surface area contributed by atoms with Crippen molar-refractivity contribution in [2.45, 2.75) is 26.4 Å². The van der Waals surface area contributed by atoms with Crippen molar-refractivity contribution in [3.8, 4) is 0 Å². The molecule has 0 aromatic carbocycles. The molecule has 1 atom stereocenters. The van der Waals surface area contributed by atoms with Crippen LogP contribution in [0, 0.1) is 6.92 Å². The molecule has 7 heteroatoms. The number of nitrogens with two attached hydrogens (primary N) is 1. The third-order valence-corrected chi connectivity index (χ3v) is 2.82. The molecule has 0 spiro atoms. The van der Waals surface area contributed by atoms with Crippen molar-refractivity contribution >= 4 is 5.84 Å². The number of nitrogens with zero attached hydrogens (tertiary/aromatic N) is 3. The lowest BCUT2D eigenvalue weighted by atomic mass is 10.2. The van der Waals surface area contributed by atoms with E-state index >= 15 is 0 Å². The maximum Gasteiger partial charge on any atom is 0.211 e. The molecule has 1 unspecified atom stereocenters. The molecule has 0 fully saturated rings. The number of nitrogens with one attached hydrogen (secondary N) is 1. The van der Waals surface area contributed by atoms with Gasteiger partial charge in [-0.05, 0) is 31.5 Å². The van der Waals surface area contributed by atoms with Crippen molar-refractivity contribution in [3.63, 3.8) is 0 Å². The van der Waals surface area contributed by atoms with Gasteiger partial charge < -0.3 is 20.7 Å². The molecule has 0 saturated carbocycles. The Morgan fingerprint density at radius 1 is 1.55 bits per heavy atom. The van der Waals surface area contributed by atoms with Gasteiger partial charge in [0.05, 0.1) is 12.2 Å². The van der Waals surface area contributed by atoms with Crippen LogP contribution in [-0.2, 0) is 6.54 Å². The van der Waals surface area contributed by atoms with Crippen LogP contribution in [0.3, 0.4) is 0 Å². The van der Waals surface area contributed by atoms with Crippen LogP contribution >= 0.6 is 0 Å². The molecular weight excluding hydrogens is 258 g/mol. The maximum atomic E-state index is 8.63. The zero-order chi connectivity index (χ0) is 14.5. The lowest BCUT2D eigenvalue weighted by Gasteiger charge is -2.10. The topological polar surface area (TPSA) is 110 Å². The Balaban J connectivity index is 2.00. The van der Waals surface area contributed by atoms with Gasteiger partial charge in [0, 0.05) is 12.7 Å². The Bertz CT molecular complexity index is 608. The number of hydrogen-bond acceptors (Lipinski definition) is 6. The number of aryl methyl sites for hydroxylation is 1. The van der Waals surface area contributed by atoms with E-state index in [0.717, 1.165) is 11.3 Å². The summed E-state index contributed by atoms with van der Waals surface area (Å²) in [6.07, 6.45) is 3.31. The van der Waals surface area contributed by atoms with Crippen LogP contribution in [0.25, 0.3) is 0 Å². The first kappa shape index (κ1) is 14.0. The summed E-state index contributed by atoms with van der Waals surface area (Å²) in [6.45, 7) is 4.42. The fraction of sp³-hybridized carbons (Fsp3) is 0.308. The summed E-state index contributed by atoms with van der Waals surface area (Å²) >= 11 is 0. The second-order valence-corrected chi connectivity index (χ2v) is 4.45. The van der Waals surface area contributed by atoms with Crippen LogP contribution in [0.4, 0.5) is 0 Å². The predicted molar refractivity (Wildman–Crippen MR) is 73.2 cm³/mol. The summed E-state index contributed by atoms with van der Waals surface area (Å²) in [7, 11) is 0. The molecule has 2 aromatic heterocycles. The smallest absolute Gasteiger partial charge is 0.211 e. The monoisotopic (exact) mass is 275 g/mol. The first-order valence-corrected chi connectivity index (χ1v) is 6.18. The molecule has 0 amide bonds. The normalized spacial score (nSPS) is 13.4. The van der Waals surface area contributed by atoms with Gasteiger partial charge in [0.2, 0.25) is 5.89 Å². The molecular formula is C13H17N5O2. The van der Waals surface area contributed by atoms with Crippen molar-refractivity contribution in [1.29, 1.82) is 0 Å². The molecule has 0 aliphatic heterocycles. The summed E-state index contributed by atoms with van der Waals surface area (Å²) < 4.78 is 5.45. The molecule has 20 heavy (non-hydrogen) atoms. The molecule has 0 aliphatic carbocycles. The van der Waals surface area contributed by atoms with Gasteiger partial charge in [0.25, 0.3) is 0 Å². The van der Waals surface area contributed by atoms with Gasteiger partial charge in [0.15, 0.2) is 5.84 Å². The van der Waals surface area contributed by atoms with Crippen molar-refractivity contribution in [3.05, 3.63) is 47.4 Å². The van der Waals surface area contributed by atoms with Gasteiger partial charge in [-0.15, -0.1) is 0 Å². The van der Waals surface area contributed by atoms with E-state index in [-0.39, 0.29) is 11.9 Å². The molecule has 2 aromatic rings. The lowest BCUT2D eigenvalue weighted by Crippen LogP contribution is -2.20. The van der Waals surface area contributed by atoms with Crippen molar-refractivity contribution < 1.29 is 9.62 Å². The summed E-state index contributed by atoms with van der Waals surface area (Å²) in [5.41, 5.74) is 6.91. The molecule has 2 heterocycles. The molecule has 0 saturated heterocycles. The largest absolute Gasteiger partial charge is 0.444 e. The quantitative estimate of drug-likeness (QED) is 0.328. The van der Waals surface area contributed by atoms with Crippen LogP contribution in [0.5, 0.6) is 0 Å². The van der Waals surface area contributed by atoms with E-state index in [0.29, 0.717) is 18.1 Å². The van der Waals surface area contributed by atoms with E-state index in [1.54, 1.807) is 18.5 Å². The van der Waals surface area contributed by atoms with E-state index in [1.807, 2.05) is 19.9 Å². The van der Waals surface area contributed by atoms with E-state index in [1.165, 1.54) is 0 Å². The van der Waals surface area contributed by atoms with Gasteiger partial charge in [-0.1, -0.05) is 5.16 Å². The zero-order valence-corrected chi connectivity index (χ0v) is 11.4. The molecule has 2 rings (SSSR count). The fourth-order valence-electron chi connectivity index (χ4n) is 1.71. The second kappa shape index (κ2) is 6.16. The van der Waals surface area contributed by atoms with Crippen molar-refractivity contribution in [2.75, 3.05) is 0 Å². The Labute approximate surface area is 116 Å². The van der Waals surface area contributed by atoms with Gasteiger partial charge >= 0.3 is 0 Å². The lowest BCUT2D eigenvalue weighted by molar-refractivity contribution is 0.318. The number of rotatable bonds is 5. The highest BCUT2D eigenvalue weighted by atomic mass is 16.4. The minimum atomic E-state index is -0.0109. The highest BCUT2D eigenvalue weighted by Gasteiger charge is 2.11. The second-order valence-electron chi connectivity index (χ2n) is 4.45. The summed E-state index contributed by atoms with van der Waals surface area (Å²) in [4.78, 5) is 8.20. The molecule has 4 N–H and O–H groups in total. The average Bonchev–Trinajstić information content (AvgIpc) is 2.91. The molecule has 106 valence electrons. The van der Waals surface area contributed by atoms with Crippen molar-refractivity contribution in [1.82, 2.24) is 15.3 Å². The average molecular weight is 275 g/mol. The minimum absolute atomic E-state index is 0.0100. The number of oxazole rings is 1. The van der Waals surface area contributed by atoms with Gasteiger partial charge in [-0.25, -0.2) is 4.98 Å². The first-order chi connectivity index (χ1) is 9.60. The van der Waals surface area contributed by atoms with Crippen LogP contribution < -0.4 is 11.1 Å². The van der Waals surface area contributed by atoms with Gasteiger partial charge in [0.1, 0.15) is 11.5 Å². The van der Waals surface area contributed by atoms with Crippen LogP contribution in [0.15, 0.2) is 34.1 Å². The molecule has 7 nitrogen and oxygen atoms in total. The number of oxime groups is 1. The number of aromatic nitrogens is 2. The standard InChI is InChI=1S/C13H17N5O2/c1-8-6-17-13(20-8)9(2)16-7-10-3-4-15-11(5-10)12(14)18-19/h3-6,9,16,19H,7H2,1-2H3,(H2,14,18). The maximum absolute atomic E-state index is 8.63. The van der Waals surface area contributed by atoms with Crippen LogP contribution in [0.2, 0.25) is 0 Å². The third kappa shape index (κ3) is 3.33. The van der Waals surface area contributed by atoms with Crippen molar-refractivity contribution in [2.24, 2.45) is 10.9 Å². The van der Waals surface area contributed by atoms with E-state index in [4.69, 9.17) is 15.4 Å².